The lowest BCUT2D eigenvalue weighted by molar-refractivity contribution is -0.114. The number of halogens is 1. The van der Waals surface area contributed by atoms with Gasteiger partial charge in [0.1, 0.15) is 6.54 Å². The van der Waals surface area contributed by atoms with Gasteiger partial charge in [0.05, 0.1) is 11.9 Å². The van der Waals surface area contributed by atoms with Crippen LogP contribution in [0.1, 0.15) is 16.7 Å². The number of nitrogens with one attached hydrogen (secondary N) is 1. The monoisotopic (exact) mass is 380 g/mol. The lowest BCUT2D eigenvalue weighted by Crippen LogP contribution is -2.38. The molecule has 0 spiro atoms. The van der Waals surface area contributed by atoms with Crippen molar-refractivity contribution in [3.63, 3.8) is 0 Å². The average Bonchev–Trinajstić information content (AvgIpc) is 2.44. The second-order valence-corrected chi connectivity index (χ2v) is 8.42. The molecule has 2 rings (SSSR count). The molecule has 0 atom stereocenters. The van der Waals surface area contributed by atoms with Crippen LogP contribution in [-0.4, -0.2) is 27.1 Å². The number of carbonyl (C=O) groups is 1. The second-order valence-electron chi connectivity index (χ2n) is 6.08. The number of hydrogen-bond donors (Lipinski definition) is 1. The molecule has 0 fully saturated rings. The highest BCUT2D eigenvalue weighted by atomic mass is 35.5. The Balaban J connectivity index is 2.33. The fourth-order valence-electron chi connectivity index (χ4n) is 2.83. The zero-order valence-corrected chi connectivity index (χ0v) is 16.2. The van der Waals surface area contributed by atoms with E-state index in [9.17, 15) is 13.2 Å². The minimum absolute atomic E-state index is 0.309. The number of benzene rings is 2. The Hall–Kier alpha value is -2.05. The Morgan fingerprint density at radius 2 is 1.72 bits per heavy atom. The molecule has 0 aliphatic heterocycles. The molecule has 1 N–H and O–H groups in total. The fraction of sp³-hybridized carbons (Fsp3) is 0.278. The van der Waals surface area contributed by atoms with E-state index in [1.165, 1.54) is 0 Å². The first kappa shape index (κ1) is 19.3. The van der Waals surface area contributed by atoms with Crippen LogP contribution in [0.2, 0.25) is 5.02 Å². The first-order chi connectivity index (χ1) is 11.6. The highest BCUT2D eigenvalue weighted by Crippen LogP contribution is 2.28. The number of nitrogens with zero attached hydrogens (tertiary/aromatic N) is 1. The van der Waals surface area contributed by atoms with Gasteiger partial charge in [-0.15, -0.1) is 0 Å². The molecule has 134 valence electrons. The molecule has 0 aliphatic rings. The number of rotatable bonds is 5. The maximum Gasteiger partial charge on any atom is 0.245 e. The third-order valence-electron chi connectivity index (χ3n) is 3.68. The van der Waals surface area contributed by atoms with Gasteiger partial charge in [0.25, 0.3) is 0 Å². The van der Waals surface area contributed by atoms with Crippen molar-refractivity contribution in [2.75, 3.05) is 22.4 Å². The molecule has 0 aliphatic carbocycles. The van der Waals surface area contributed by atoms with Crippen molar-refractivity contribution in [1.82, 2.24) is 0 Å². The second kappa shape index (κ2) is 7.45. The summed E-state index contributed by atoms with van der Waals surface area (Å²) in [6.45, 7) is 5.31. The molecule has 25 heavy (non-hydrogen) atoms. The summed E-state index contributed by atoms with van der Waals surface area (Å²) in [6.07, 6.45) is 1.10. The van der Waals surface area contributed by atoms with Crippen molar-refractivity contribution >= 4 is 38.9 Å². The Bertz CT molecular complexity index is 887. The zero-order valence-electron chi connectivity index (χ0n) is 14.6. The van der Waals surface area contributed by atoms with E-state index in [1.807, 2.05) is 32.9 Å². The third kappa shape index (κ3) is 4.96. The van der Waals surface area contributed by atoms with E-state index in [0.717, 1.165) is 27.3 Å². The van der Waals surface area contributed by atoms with Gasteiger partial charge in [0.15, 0.2) is 0 Å². The lowest BCUT2D eigenvalue weighted by Gasteiger charge is -2.26. The van der Waals surface area contributed by atoms with E-state index >= 15 is 0 Å². The van der Waals surface area contributed by atoms with E-state index in [0.29, 0.717) is 16.4 Å². The van der Waals surface area contributed by atoms with Crippen molar-refractivity contribution < 1.29 is 13.2 Å². The number of aryl methyl sites for hydroxylation is 3. The highest BCUT2D eigenvalue weighted by Gasteiger charge is 2.24. The van der Waals surface area contributed by atoms with Crippen LogP contribution < -0.4 is 9.62 Å². The van der Waals surface area contributed by atoms with Crippen LogP contribution in [0.15, 0.2) is 36.4 Å². The molecular formula is C18H21ClN2O3S. The van der Waals surface area contributed by atoms with E-state index < -0.39 is 15.9 Å². The Labute approximate surface area is 153 Å². The summed E-state index contributed by atoms with van der Waals surface area (Å²) in [6, 6.07) is 10.5. The maximum atomic E-state index is 12.4. The molecule has 2 aromatic rings. The molecule has 0 unspecified atom stereocenters. The van der Waals surface area contributed by atoms with Gasteiger partial charge >= 0.3 is 0 Å². The number of carbonyl (C=O) groups excluding carboxylic acids is 1. The topological polar surface area (TPSA) is 66.5 Å². The average molecular weight is 381 g/mol. The van der Waals surface area contributed by atoms with Crippen LogP contribution in [-0.2, 0) is 14.8 Å². The summed E-state index contributed by atoms with van der Waals surface area (Å²) in [4.78, 5) is 12.4. The van der Waals surface area contributed by atoms with E-state index in [1.54, 1.807) is 24.3 Å². The number of hydrogen-bond acceptors (Lipinski definition) is 3. The molecule has 0 saturated carbocycles. The quantitative estimate of drug-likeness (QED) is 0.860. The zero-order chi connectivity index (χ0) is 18.8. The van der Waals surface area contributed by atoms with Gasteiger partial charge in [-0.3, -0.25) is 9.10 Å². The van der Waals surface area contributed by atoms with Crippen LogP contribution >= 0.6 is 11.6 Å². The minimum Gasteiger partial charge on any atom is -0.324 e. The van der Waals surface area contributed by atoms with Crippen molar-refractivity contribution in [3.8, 4) is 0 Å². The number of anilines is 2. The Morgan fingerprint density at radius 3 is 2.24 bits per heavy atom. The summed E-state index contributed by atoms with van der Waals surface area (Å²) >= 11 is 5.90. The van der Waals surface area contributed by atoms with Crippen LogP contribution in [0.5, 0.6) is 0 Å². The Kier molecular flexibility index (Phi) is 5.75. The van der Waals surface area contributed by atoms with Gasteiger partial charge in [-0.2, -0.15) is 0 Å². The van der Waals surface area contributed by atoms with E-state index in [-0.39, 0.29) is 6.54 Å². The SMILES string of the molecule is Cc1cc(C)c(N(CC(=O)Nc2cccc(Cl)c2)S(C)(=O)=O)c(C)c1. The van der Waals surface area contributed by atoms with Gasteiger partial charge in [-0.05, 0) is 50.1 Å². The van der Waals surface area contributed by atoms with E-state index in [4.69, 9.17) is 11.6 Å². The predicted molar refractivity (Wildman–Crippen MR) is 103 cm³/mol. The van der Waals surface area contributed by atoms with Gasteiger partial charge in [-0.25, -0.2) is 8.42 Å². The first-order valence-electron chi connectivity index (χ1n) is 7.69. The summed E-state index contributed by atoms with van der Waals surface area (Å²) in [7, 11) is -3.62. The normalized spacial score (nSPS) is 11.2. The number of sulfonamides is 1. The van der Waals surface area contributed by atoms with Gasteiger partial charge in [0.2, 0.25) is 15.9 Å². The van der Waals surface area contributed by atoms with Gasteiger partial charge in [0, 0.05) is 10.7 Å². The molecule has 7 heteroatoms. The predicted octanol–water partition coefficient (Wildman–Crippen LogP) is 3.67. The smallest absolute Gasteiger partial charge is 0.245 e. The lowest BCUT2D eigenvalue weighted by atomic mass is 10.1. The Morgan fingerprint density at radius 1 is 1.12 bits per heavy atom. The van der Waals surface area contributed by atoms with Crippen LogP contribution in [0.3, 0.4) is 0 Å². The number of amides is 1. The van der Waals surface area contributed by atoms with Crippen molar-refractivity contribution in [2.45, 2.75) is 20.8 Å². The standard InChI is InChI=1S/C18H21ClN2O3S/c1-12-8-13(2)18(14(3)9-12)21(25(4,23)24)11-17(22)20-16-7-5-6-15(19)10-16/h5-10H,11H2,1-4H3,(H,20,22). The molecule has 0 saturated heterocycles. The largest absolute Gasteiger partial charge is 0.324 e. The van der Waals surface area contributed by atoms with Crippen molar-refractivity contribution in [2.24, 2.45) is 0 Å². The first-order valence-corrected chi connectivity index (χ1v) is 9.91. The van der Waals surface area contributed by atoms with Crippen molar-refractivity contribution in [1.29, 1.82) is 0 Å². The summed E-state index contributed by atoms with van der Waals surface area (Å²) in [5.41, 5.74) is 3.70. The molecule has 0 radical (unpaired) electrons. The van der Waals surface area contributed by atoms with Gasteiger partial charge < -0.3 is 5.32 Å². The van der Waals surface area contributed by atoms with Crippen molar-refractivity contribution in [3.05, 3.63) is 58.1 Å². The third-order valence-corrected chi connectivity index (χ3v) is 5.03. The molecule has 1 amide bonds. The minimum atomic E-state index is -3.62. The van der Waals surface area contributed by atoms with Gasteiger partial charge in [-0.1, -0.05) is 35.4 Å². The van der Waals surface area contributed by atoms with Crippen LogP contribution in [0, 0.1) is 20.8 Å². The molecular weight excluding hydrogens is 360 g/mol. The molecule has 0 heterocycles. The molecule has 2 aromatic carbocycles. The van der Waals surface area contributed by atoms with Crippen LogP contribution in [0.4, 0.5) is 11.4 Å². The molecule has 5 nitrogen and oxygen atoms in total. The molecule has 0 aromatic heterocycles. The summed E-state index contributed by atoms with van der Waals surface area (Å²) < 4.78 is 25.7. The van der Waals surface area contributed by atoms with Crippen LogP contribution in [0.25, 0.3) is 0 Å². The highest BCUT2D eigenvalue weighted by molar-refractivity contribution is 7.92. The summed E-state index contributed by atoms with van der Waals surface area (Å²) in [5.74, 6) is -0.438. The summed E-state index contributed by atoms with van der Waals surface area (Å²) in [5, 5.41) is 3.16. The fourth-order valence-corrected chi connectivity index (χ4v) is 3.99. The molecule has 0 bridgehead atoms. The maximum absolute atomic E-state index is 12.4. The van der Waals surface area contributed by atoms with E-state index in [2.05, 4.69) is 5.32 Å².